The molecule has 1 atom stereocenters. The van der Waals surface area contributed by atoms with Crippen molar-refractivity contribution in [2.75, 3.05) is 13.2 Å². The van der Waals surface area contributed by atoms with Gasteiger partial charge in [0.1, 0.15) is 5.82 Å². The van der Waals surface area contributed by atoms with E-state index in [4.69, 9.17) is 16.3 Å². The molecule has 0 aromatic heterocycles. The lowest BCUT2D eigenvalue weighted by molar-refractivity contribution is 0.101. The number of hydrogen-bond donors (Lipinski definition) is 1. The number of rotatable bonds is 4. The average Bonchev–Trinajstić information content (AvgIpc) is 2.75. The second kappa shape index (κ2) is 5.62. The van der Waals surface area contributed by atoms with Gasteiger partial charge in [-0.05, 0) is 31.5 Å². The van der Waals surface area contributed by atoms with Gasteiger partial charge in [-0.1, -0.05) is 17.7 Å². The fraction of sp³-hybridized carbons (Fsp3) is 0.500. The van der Waals surface area contributed by atoms with Gasteiger partial charge in [-0.3, -0.25) is 0 Å². The van der Waals surface area contributed by atoms with Gasteiger partial charge in [0.25, 0.3) is 0 Å². The molecule has 1 N–H and O–H groups in total. The van der Waals surface area contributed by atoms with Gasteiger partial charge in [-0.25, -0.2) is 4.39 Å². The van der Waals surface area contributed by atoms with Crippen LogP contribution in [0.5, 0.6) is 0 Å². The summed E-state index contributed by atoms with van der Waals surface area (Å²) in [5.74, 6) is -0.299. The minimum Gasteiger partial charge on any atom is -0.375 e. The highest BCUT2D eigenvalue weighted by Gasteiger charge is 2.14. The maximum atomic E-state index is 13.4. The third kappa shape index (κ3) is 2.94. The highest BCUT2D eigenvalue weighted by Crippen LogP contribution is 2.20. The van der Waals surface area contributed by atoms with E-state index in [1.54, 1.807) is 12.1 Å². The van der Waals surface area contributed by atoms with E-state index >= 15 is 0 Å². The fourth-order valence-corrected chi connectivity index (χ4v) is 2.09. The molecule has 16 heavy (non-hydrogen) atoms. The van der Waals surface area contributed by atoms with Gasteiger partial charge in [0.15, 0.2) is 0 Å². The van der Waals surface area contributed by atoms with E-state index in [0.717, 1.165) is 13.0 Å². The van der Waals surface area contributed by atoms with Crippen LogP contribution >= 0.6 is 11.6 Å². The number of ether oxygens (including phenoxy) is 1. The summed E-state index contributed by atoms with van der Waals surface area (Å²) in [5, 5.41) is 3.75. The Morgan fingerprint density at radius 3 is 3.06 bits per heavy atom. The molecule has 0 amide bonds. The molecule has 0 aliphatic carbocycles. The molecule has 0 radical (unpaired) electrons. The van der Waals surface area contributed by atoms with E-state index in [-0.39, 0.29) is 12.4 Å². The summed E-state index contributed by atoms with van der Waals surface area (Å²) in [5.41, 5.74) is 0.446. The SMILES string of the molecule is Fc1cccc(Cl)c1COC[C@@H]1CCCN1. The standard InChI is InChI=1S/C12H15ClFNO/c13-11-4-1-5-12(14)10(11)8-16-7-9-3-2-6-15-9/h1,4-5,9,15H,2-3,6-8H2/t9-/m0/s1. The molecule has 2 nitrogen and oxygen atoms in total. The van der Waals surface area contributed by atoms with Gasteiger partial charge in [-0.15, -0.1) is 0 Å². The molecular weight excluding hydrogens is 229 g/mol. The van der Waals surface area contributed by atoms with Crippen LogP contribution in [0.15, 0.2) is 18.2 Å². The molecule has 88 valence electrons. The van der Waals surface area contributed by atoms with Gasteiger partial charge < -0.3 is 10.1 Å². The van der Waals surface area contributed by atoms with E-state index in [0.29, 0.717) is 23.2 Å². The Morgan fingerprint density at radius 1 is 1.50 bits per heavy atom. The van der Waals surface area contributed by atoms with Gasteiger partial charge in [0.2, 0.25) is 0 Å². The molecule has 0 spiro atoms. The lowest BCUT2D eigenvalue weighted by atomic mass is 10.2. The minimum atomic E-state index is -0.299. The summed E-state index contributed by atoms with van der Waals surface area (Å²) in [6, 6.07) is 5.08. The van der Waals surface area contributed by atoms with Crippen LogP contribution in [0.3, 0.4) is 0 Å². The molecule has 2 rings (SSSR count). The van der Waals surface area contributed by atoms with Crippen LogP contribution in [0.2, 0.25) is 5.02 Å². The first-order valence-electron chi connectivity index (χ1n) is 5.51. The molecular formula is C12H15ClFNO. The van der Waals surface area contributed by atoms with Crippen molar-refractivity contribution in [1.29, 1.82) is 0 Å². The molecule has 1 heterocycles. The number of halogens is 2. The highest BCUT2D eigenvalue weighted by atomic mass is 35.5. The van der Waals surface area contributed by atoms with Crippen LogP contribution in [-0.4, -0.2) is 19.2 Å². The van der Waals surface area contributed by atoms with Gasteiger partial charge in [0, 0.05) is 16.6 Å². The molecule has 1 saturated heterocycles. The minimum absolute atomic E-state index is 0.240. The lowest BCUT2D eigenvalue weighted by Crippen LogP contribution is -2.26. The van der Waals surface area contributed by atoms with Crippen LogP contribution < -0.4 is 5.32 Å². The summed E-state index contributed by atoms with van der Waals surface area (Å²) in [6.07, 6.45) is 2.32. The largest absolute Gasteiger partial charge is 0.375 e. The summed E-state index contributed by atoms with van der Waals surface area (Å²) in [4.78, 5) is 0. The van der Waals surface area contributed by atoms with E-state index in [1.807, 2.05) is 0 Å². The molecule has 0 saturated carbocycles. The normalized spacial score (nSPS) is 20.2. The molecule has 1 fully saturated rings. The zero-order valence-corrected chi connectivity index (χ0v) is 9.77. The molecule has 1 aliphatic rings. The molecule has 4 heteroatoms. The predicted molar refractivity (Wildman–Crippen MR) is 62.1 cm³/mol. The Labute approximate surface area is 99.7 Å². The molecule has 0 unspecified atom stereocenters. The van der Waals surface area contributed by atoms with Crippen molar-refractivity contribution in [3.63, 3.8) is 0 Å². The average molecular weight is 244 g/mol. The Balaban J connectivity index is 1.84. The first-order valence-corrected chi connectivity index (χ1v) is 5.89. The smallest absolute Gasteiger partial charge is 0.130 e. The monoisotopic (exact) mass is 243 g/mol. The van der Waals surface area contributed by atoms with Gasteiger partial charge in [0.05, 0.1) is 13.2 Å². The molecule has 1 aliphatic heterocycles. The van der Waals surface area contributed by atoms with Crippen LogP contribution in [-0.2, 0) is 11.3 Å². The maximum absolute atomic E-state index is 13.4. The highest BCUT2D eigenvalue weighted by molar-refractivity contribution is 6.31. The summed E-state index contributed by atoms with van der Waals surface area (Å²) < 4.78 is 18.8. The fourth-order valence-electron chi connectivity index (χ4n) is 1.87. The molecule has 0 bridgehead atoms. The second-order valence-corrected chi connectivity index (χ2v) is 4.42. The predicted octanol–water partition coefficient (Wildman–Crippen LogP) is 2.75. The van der Waals surface area contributed by atoms with Crippen molar-refractivity contribution in [1.82, 2.24) is 5.32 Å². The van der Waals surface area contributed by atoms with E-state index in [1.165, 1.54) is 12.5 Å². The van der Waals surface area contributed by atoms with E-state index in [2.05, 4.69) is 5.32 Å². The summed E-state index contributed by atoms with van der Waals surface area (Å²) >= 11 is 5.89. The second-order valence-electron chi connectivity index (χ2n) is 4.01. The van der Waals surface area contributed by atoms with Crippen molar-refractivity contribution in [3.8, 4) is 0 Å². The Morgan fingerprint density at radius 2 is 2.38 bits per heavy atom. The quantitative estimate of drug-likeness (QED) is 0.878. The Bertz CT molecular complexity index is 333. The van der Waals surface area contributed by atoms with Crippen molar-refractivity contribution < 1.29 is 9.13 Å². The Hall–Kier alpha value is -0.640. The topological polar surface area (TPSA) is 21.3 Å². The van der Waals surface area contributed by atoms with Gasteiger partial charge >= 0.3 is 0 Å². The number of hydrogen-bond acceptors (Lipinski definition) is 2. The van der Waals surface area contributed by atoms with Crippen molar-refractivity contribution in [3.05, 3.63) is 34.6 Å². The zero-order chi connectivity index (χ0) is 11.4. The van der Waals surface area contributed by atoms with Crippen LogP contribution in [0.1, 0.15) is 18.4 Å². The van der Waals surface area contributed by atoms with E-state index in [9.17, 15) is 4.39 Å². The van der Waals surface area contributed by atoms with E-state index < -0.39 is 0 Å². The van der Waals surface area contributed by atoms with Crippen LogP contribution in [0.4, 0.5) is 4.39 Å². The maximum Gasteiger partial charge on any atom is 0.130 e. The summed E-state index contributed by atoms with van der Waals surface area (Å²) in [6.45, 7) is 1.91. The Kier molecular flexibility index (Phi) is 4.16. The van der Waals surface area contributed by atoms with Crippen molar-refractivity contribution in [2.45, 2.75) is 25.5 Å². The first-order chi connectivity index (χ1) is 7.77. The number of nitrogens with one attached hydrogen (secondary N) is 1. The third-order valence-electron chi connectivity index (χ3n) is 2.79. The van der Waals surface area contributed by atoms with Crippen molar-refractivity contribution >= 4 is 11.6 Å². The number of benzene rings is 1. The first kappa shape index (κ1) is 11.8. The van der Waals surface area contributed by atoms with Crippen LogP contribution in [0.25, 0.3) is 0 Å². The third-order valence-corrected chi connectivity index (χ3v) is 3.14. The van der Waals surface area contributed by atoms with Crippen molar-refractivity contribution in [2.24, 2.45) is 0 Å². The lowest BCUT2D eigenvalue weighted by Gasteiger charge is -2.11. The molecule has 1 aromatic rings. The van der Waals surface area contributed by atoms with Gasteiger partial charge in [-0.2, -0.15) is 0 Å². The summed E-state index contributed by atoms with van der Waals surface area (Å²) in [7, 11) is 0. The molecule has 1 aromatic carbocycles. The zero-order valence-electron chi connectivity index (χ0n) is 9.01. The van der Waals surface area contributed by atoms with Crippen LogP contribution in [0, 0.1) is 5.82 Å².